The maximum Gasteiger partial charge on any atom is 0.312 e. The summed E-state index contributed by atoms with van der Waals surface area (Å²) in [6, 6.07) is 3.77. The number of carbonyl (C=O) groups excluding carboxylic acids is 5. The third-order valence-corrected chi connectivity index (χ3v) is 5.85. The number of primary amides is 2. The van der Waals surface area contributed by atoms with Gasteiger partial charge in [-0.3, -0.25) is 19.2 Å². The van der Waals surface area contributed by atoms with E-state index >= 15 is 0 Å². The summed E-state index contributed by atoms with van der Waals surface area (Å²) in [4.78, 5) is 57.0. The van der Waals surface area contributed by atoms with Crippen LogP contribution >= 0.6 is 0 Å². The molecule has 0 fully saturated rings. The van der Waals surface area contributed by atoms with Crippen LogP contribution in [0, 0.1) is 17.8 Å². The van der Waals surface area contributed by atoms with Gasteiger partial charge in [-0.1, -0.05) is 95.1 Å². The van der Waals surface area contributed by atoms with E-state index in [1.807, 2.05) is 48.5 Å². The van der Waals surface area contributed by atoms with Gasteiger partial charge in [0.05, 0.1) is 12.6 Å². The summed E-state index contributed by atoms with van der Waals surface area (Å²) in [5.41, 5.74) is 11.0. The first-order valence-electron chi connectivity index (χ1n) is 16.3. The Bertz CT molecular complexity index is 1020. The number of esters is 1. The van der Waals surface area contributed by atoms with Crippen molar-refractivity contribution in [2.45, 2.75) is 121 Å². The van der Waals surface area contributed by atoms with Gasteiger partial charge in [0, 0.05) is 36.3 Å². The van der Waals surface area contributed by atoms with Gasteiger partial charge in [0.1, 0.15) is 6.61 Å². The molecule has 46 heavy (non-hydrogen) atoms. The molecule has 266 valence electrons. The van der Waals surface area contributed by atoms with Gasteiger partial charge in [0.15, 0.2) is 0 Å². The SMILES string of the molecule is CC.CC(=O)OCc1ccc(NC(=O)CNC(=O)C(NC(C)C)C(C)C)cc1C(N)=O.CC(C)CCC(C)C.CCCNC(N)=O. The van der Waals surface area contributed by atoms with E-state index in [0.29, 0.717) is 17.8 Å². The predicted octanol–water partition coefficient (Wildman–Crippen LogP) is 5.10. The highest BCUT2D eigenvalue weighted by atomic mass is 16.5. The Hall–Kier alpha value is -3.67. The largest absolute Gasteiger partial charge is 0.461 e. The summed E-state index contributed by atoms with van der Waals surface area (Å²) in [6.45, 7) is 24.4. The van der Waals surface area contributed by atoms with Crippen LogP contribution in [-0.4, -0.2) is 54.9 Å². The molecule has 1 aromatic rings. The number of rotatable bonds is 15. The van der Waals surface area contributed by atoms with Crippen LogP contribution in [0.15, 0.2) is 18.2 Å². The van der Waals surface area contributed by atoms with Crippen molar-refractivity contribution < 1.29 is 28.7 Å². The fourth-order valence-electron chi connectivity index (χ4n) is 3.52. The maximum atomic E-state index is 12.3. The summed E-state index contributed by atoms with van der Waals surface area (Å²) in [5, 5.41) is 10.8. The zero-order valence-electron chi connectivity index (χ0n) is 30.5. The lowest BCUT2D eigenvalue weighted by molar-refractivity contribution is -0.142. The molecule has 0 bridgehead atoms. The van der Waals surface area contributed by atoms with E-state index in [0.717, 1.165) is 18.3 Å². The lowest BCUT2D eigenvalue weighted by Crippen LogP contribution is -2.51. The number of amides is 5. The second-order valence-corrected chi connectivity index (χ2v) is 12.0. The zero-order valence-corrected chi connectivity index (χ0v) is 30.5. The van der Waals surface area contributed by atoms with E-state index in [-0.39, 0.29) is 36.6 Å². The molecule has 12 nitrogen and oxygen atoms in total. The Morgan fingerprint density at radius 2 is 1.39 bits per heavy atom. The van der Waals surface area contributed by atoms with Gasteiger partial charge in [-0.25, -0.2) is 4.79 Å². The third-order valence-electron chi connectivity index (χ3n) is 5.85. The number of hydrogen-bond donors (Lipinski definition) is 6. The Morgan fingerprint density at radius 1 is 0.848 bits per heavy atom. The van der Waals surface area contributed by atoms with E-state index in [2.05, 4.69) is 49.0 Å². The van der Waals surface area contributed by atoms with Crippen molar-refractivity contribution in [1.82, 2.24) is 16.0 Å². The van der Waals surface area contributed by atoms with Crippen LogP contribution in [0.1, 0.15) is 118 Å². The highest BCUT2D eigenvalue weighted by molar-refractivity contribution is 5.99. The van der Waals surface area contributed by atoms with Crippen molar-refractivity contribution in [2.75, 3.05) is 18.4 Å². The molecule has 12 heteroatoms. The van der Waals surface area contributed by atoms with Crippen molar-refractivity contribution >= 4 is 35.4 Å². The Kier molecular flexibility index (Phi) is 28.1. The second-order valence-electron chi connectivity index (χ2n) is 12.0. The average Bonchev–Trinajstić information content (AvgIpc) is 2.97. The van der Waals surface area contributed by atoms with Gasteiger partial charge in [0.2, 0.25) is 17.7 Å². The average molecular weight is 653 g/mol. The number of benzene rings is 1. The van der Waals surface area contributed by atoms with Crippen molar-refractivity contribution in [1.29, 1.82) is 0 Å². The van der Waals surface area contributed by atoms with Gasteiger partial charge < -0.3 is 37.5 Å². The van der Waals surface area contributed by atoms with Crippen LogP contribution in [-0.2, 0) is 25.7 Å². The molecule has 0 aliphatic carbocycles. The molecule has 1 rings (SSSR count). The first-order chi connectivity index (χ1) is 21.4. The lowest BCUT2D eigenvalue weighted by Gasteiger charge is -2.23. The van der Waals surface area contributed by atoms with Gasteiger partial charge in [-0.2, -0.15) is 0 Å². The molecule has 0 aromatic heterocycles. The molecule has 0 radical (unpaired) electrons. The third kappa shape index (κ3) is 26.7. The van der Waals surface area contributed by atoms with Crippen LogP contribution in [0.3, 0.4) is 0 Å². The van der Waals surface area contributed by atoms with Crippen molar-refractivity contribution in [2.24, 2.45) is 29.2 Å². The fraction of sp³-hybridized carbons (Fsp3) is 0.676. The molecular weight excluding hydrogens is 588 g/mol. The van der Waals surface area contributed by atoms with Crippen LogP contribution in [0.25, 0.3) is 0 Å². The predicted molar refractivity (Wildman–Crippen MR) is 187 cm³/mol. The lowest BCUT2D eigenvalue weighted by atomic mass is 10.0. The molecule has 0 aliphatic heterocycles. The second kappa shape index (κ2) is 27.6. The molecule has 5 amide bonds. The minimum atomic E-state index is -0.712. The topological polar surface area (TPSA) is 195 Å². The van der Waals surface area contributed by atoms with Crippen molar-refractivity contribution in [3.63, 3.8) is 0 Å². The smallest absolute Gasteiger partial charge is 0.312 e. The summed E-state index contributed by atoms with van der Waals surface area (Å²) < 4.78 is 4.89. The van der Waals surface area contributed by atoms with Crippen LogP contribution in [0.4, 0.5) is 10.5 Å². The monoisotopic (exact) mass is 652 g/mol. The highest BCUT2D eigenvalue weighted by Crippen LogP contribution is 2.17. The molecule has 1 aromatic carbocycles. The normalized spacial score (nSPS) is 10.8. The Balaban J connectivity index is -0.000000889. The van der Waals surface area contributed by atoms with Crippen LogP contribution < -0.4 is 32.7 Å². The van der Waals surface area contributed by atoms with E-state index in [9.17, 15) is 24.0 Å². The first-order valence-corrected chi connectivity index (χ1v) is 16.3. The molecule has 8 N–H and O–H groups in total. The minimum Gasteiger partial charge on any atom is -0.461 e. The summed E-state index contributed by atoms with van der Waals surface area (Å²) in [7, 11) is 0. The molecule has 0 heterocycles. The highest BCUT2D eigenvalue weighted by Gasteiger charge is 2.23. The summed E-state index contributed by atoms with van der Waals surface area (Å²) >= 11 is 0. The zero-order chi connectivity index (χ0) is 36.4. The molecule has 1 atom stereocenters. The standard InChI is InChI=1S/C20H30N4O5.C8H18.C4H10N2O.C2H6/c1-11(2)18(23-12(3)4)20(28)22-9-17(26)24-15-7-6-14(10-29-13(5)25)16(8-15)19(21)27;1-7(2)5-6-8(3)4;1-2-3-6-4(5)7;1-2/h6-8,11-12,18,23H,9-10H2,1-5H3,(H2,21,27)(H,22,28)(H,24,26);7-8H,5-6H2,1-4H3;2-3H2,1H3,(H3,5,6,7);1-2H3. The fourth-order valence-corrected chi connectivity index (χ4v) is 3.52. The van der Waals surface area contributed by atoms with E-state index < -0.39 is 29.9 Å². The van der Waals surface area contributed by atoms with Gasteiger partial charge in [0.25, 0.3) is 0 Å². The first kappa shape index (κ1) is 46.7. The molecular formula is C34H64N6O6. The van der Waals surface area contributed by atoms with Crippen molar-refractivity contribution in [3.8, 4) is 0 Å². The van der Waals surface area contributed by atoms with Gasteiger partial charge in [-0.15, -0.1) is 0 Å². The number of hydrogen-bond acceptors (Lipinski definition) is 7. The molecule has 1 unspecified atom stereocenters. The van der Waals surface area contributed by atoms with Crippen LogP contribution in [0.5, 0.6) is 0 Å². The molecule has 0 saturated heterocycles. The van der Waals surface area contributed by atoms with Crippen LogP contribution in [0.2, 0.25) is 0 Å². The van der Waals surface area contributed by atoms with Crippen molar-refractivity contribution in [3.05, 3.63) is 29.3 Å². The Morgan fingerprint density at radius 3 is 1.76 bits per heavy atom. The van der Waals surface area contributed by atoms with E-state index in [1.165, 1.54) is 25.8 Å². The number of urea groups is 1. The Labute approximate surface area is 277 Å². The number of nitrogens with two attached hydrogens (primary N) is 2. The maximum absolute atomic E-state index is 12.3. The molecule has 0 aliphatic rings. The molecule has 0 spiro atoms. The quantitative estimate of drug-likeness (QED) is 0.142. The molecule has 0 saturated carbocycles. The minimum absolute atomic E-state index is 0.0587. The number of anilines is 1. The number of nitrogens with one attached hydrogen (secondary N) is 4. The summed E-state index contributed by atoms with van der Waals surface area (Å²) in [5.74, 6) is -0.0820. The van der Waals surface area contributed by atoms with Gasteiger partial charge >= 0.3 is 12.0 Å². The van der Waals surface area contributed by atoms with E-state index in [4.69, 9.17) is 16.2 Å². The number of ether oxygens (including phenoxy) is 1. The van der Waals surface area contributed by atoms with E-state index in [1.54, 1.807) is 12.1 Å². The number of carbonyl (C=O) groups is 5. The summed E-state index contributed by atoms with van der Waals surface area (Å²) in [6.07, 6.45) is 3.71. The van der Waals surface area contributed by atoms with Gasteiger partial charge in [-0.05, 0) is 36.3 Å².